The van der Waals surface area contributed by atoms with Gasteiger partial charge in [-0.25, -0.2) is 13.8 Å². The molecule has 1 amide bonds. The maximum atomic E-state index is 16.1. The molecule has 1 saturated heterocycles. The van der Waals surface area contributed by atoms with Crippen molar-refractivity contribution >= 4 is 29.5 Å². The quantitative estimate of drug-likeness (QED) is 0.563. The van der Waals surface area contributed by atoms with Crippen molar-refractivity contribution in [1.29, 1.82) is 0 Å². The molecule has 1 aromatic carbocycles. The Balaban J connectivity index is 1.45. The van der Waals surface area contributed by atoms with E-state index in [1.54, 1.807) is 11.1 Å². The number of alkyl halides is 1. The largest absolute Gasteiger partial charge is 0.363 e. The van der Waals surface area contributed by atoms with E-state index in [9.17, 15) is 9.18 Å². The second-order valence-electron chi connectivity index (χ2n) is 9.50. The minimum atomic E-state index is -1.46. The van der Waals surface area contributed by atoms with Crippen molar-refractivity contribution < 1.29 is 13.6 Å². The molecule has 0 bridgehead atoms. The van der Waals surface area contributed by atoms with Gasteiger partial charge < -0.3 is 9.80 Å². The van der Waals surface area contributed by atoms with Crippen LogP contribution in [0.4, 0.5) is 14.6 Å². The van der Waals surface area contributed by atoms with Crippen LogP contribution in [-0.4, -0.2) is 60.4 Å². The van der Waals surface area contributed by atoms with Crippen molar-refractivity contribution in [3.8, 4) is 0 Å². The number of carbonyl (C=O) groups is 1. The highest BCUT2D eigenvalue weighted by Crippen LogP contribution is 2.40. The van der Waals surface area contributed by atoms with Gasteiger partial charge in [-0.1, -0.05) is 23.7 Å². The van der Waals surface area contributed by atoms with Gasteiger partial charge in [0.1, 0.15) is 17.3 Å². The summed E-state index contributed by atoms with van der Waals surface area (Å²) < 4.78 is 29.5. The van der Waals surface area contributed by atoms with Gasteiger partial charge in [0.25, 0.3) is 5.91 Å². The van der Waals surface area contributed by atoms with E-state index in [0.717, 1.165) is 17.1 Å². The van der Waals surface area contributed by atoms with E-state index in [1.165, 1.54) is 18.2 Å². The molecule has 0 saturated carbocycles. The summed E-state index contributed by atoms with van der Waals surface area (Å²) >= 11 is 5.82. The van der Waals surface area contributed by atoms with E-state index in [1.807, 2.05) is 50.2 Å². The molecule has 8 heteroatoms. The Morgan fingerprint density at radius 2 is 1.94 bits per heavy atom. The number of allylic oxidation sites excluding steroid dienone is 1. The van der Waals surface area contributed by atoms with Crippen molar-refractivity contribution in [2.24, 2.45) is 4.99 Å². The molecule has 0 aliphatic carbocycles. The number of carbonyl (C=O) groups excluding carboxylic acids is 1. The molecule has 2 aliphatic heterocycles. The number of hydrogen-bond donors (Lipinski definition) is 0. The molecule has 2 aliphatic rings. The van der Waals surface area contributed by atoms with Gasteiger partial charge in [0.05, 0.1) is 10.6 Å². The van der Waals surface area contributed by atoms with Crippen LogP contribution in [-0.2, 0) is 6.42 Å². The highest BCUT2D eigenvalue weighted by Gasteiger charge is 2.44. The maximum Gasteiger partial charge on any atom is 0.253 e. The lowest BCUT2D eigenvalue weighted by molar-refractivity contribution is 0.0322. The highest BCUT2D eigenvalue weighted by molar-refractivity contribution is 6.31. The first-order valence-electron chi connectivity index (χ1n) is 11.4. The Hall–Kier alpha value is -2.80. The van der Waals surface area contributed by atoms with Crippen molar-refractivity contribution in [2.75, 3.05) is 32.1 Å². The topological polar surface area (TPSA) is 48.8 Å². The summed E-state index contributed by atoms with van der Waals surface area (Å²) in [6, 6.07) is 7.91. The molecule has 5 nitrogen and oxygen atoms in total. The molecule has 3 heterocycles. The average Bonchev–Trinajstić information content (AvgIpc) is 3.24. The van der Waals surface area contributed by atoms with Crippen LogP contribution < -0.4 is 4.90 Å². The molecule has 180 valence electrons. The van der Waals surface area contributed by atoms with E-state index >= 15 is 4.39 Å². The van der Waals surface area contributed by atoms with Crippen LogP contribution in [0, 0.1) is 12.7 Å². The summed E-state index contributed by atoms with van der Waals surface area (Å²) in [6.45, 7) is 2.57. The zero-order valence-corrected chi connectivity index (χ0v) is 20.4. The van der Waals surface area contributed by atoms with Crippen molar-refractivity contribution in [2.45, 2.75) is 43.8 Å². The Morgan fingerprint density at radius 3 is 2.56 bits per heavy atom. The third-order valence-corrected chi connectivity index (χ3v) is 6.89. The molecule has 1 atom stereocenters. The Labute approximate surface area is 204 Å². The lowest BCUT2D eigenvalue weighted by Crippen LogP contribution is -2.48. The van der Waals surface area contributed by atoms with Gasteiger partial charge in [-0.2, -0.15) is 0 Å². The fourth-order valence-corrected chi connectivity index (χ4v) is 4.98. The SMILES string of the molecule is Cc1ccc(CC2(CC3(F)CCN(C(=O)c4ccc(F)c(Cl)c4)CC3)C=CC=N2)nc1N(C)C. The minimum Gasteiger partial charge on any atom is -0.363 e. The molecule has 34 heavy (non-hydrogen) atoms. The maximum absolute atomic E-state index is 16.1. The minimum absolute atomic E-state index is 0.0994. The van der Waals surface area contributed by atoms with Crippen molar-refractivity contribution in [3.05, 3.63) is 70.1 Å². The van der Waals surface area contributed by atoms with Gasteiger partial charge in [0, 0.05) is 57.5 Å². The number of benzene rings is 1. The molecule has 0 N–H and O–H groups in total. The van der Waals surface area contributed by atoms with Gasteiger partial charge in [-0.15, -0.1) is 0 Å². The van der Waals surface area contributed by atoms with Crippen LogP contribution >= 0.6 is 11.6 Å². The predicted octanol–water partition coefficient (Wildman–Crippen LogP) is 5.21. The number of piperidine rings is 1. The second-order valence-corrected chi connectivity index (χ2v) is 9.91. The number of halogens is 3. The number of nitrogens with zero attached hydrogens (tertiary/aromatic N) is 4. The summed E-state index contributed by atoms with van der Waals surface area (Å²) in [5, 5.41) is -0.0994. The number of aliphatic imine (C=N–C) groups is 1. The van der Waals surface area contributed by atoms with E-state index in [-0.39, 0.29) is 43.3 Å². The Kier molecular flexibility index (Phi) is 6.76. The summed E-state index contributed by atoms with van der Waals surface area (Å²) in [7, 11) is 3.90. The summed E-state index contributed by atoms with van der Waals surface area (Å²) in [4.78, 5) is 25.8. The summed E-state index contributed by atoms with van der Waals surface area (Å²) in [5.41, 5.74) is 0.0899. The molecule has 4 rings (SSSR count). The fraction of sp³-hybridized carbons (Fsp3) is 0.423. The standard InChI is InChI=1S/C26H29ClF2N4O/c1-18-5-7-20(31-23(18)32(2)3)16-26(9-4-12-30-26)17-25(29)10-13-33(14-11-25)24(34)19-6-8-22(28)21(27)15-19/h4-9,12,15H,10-11,13-14,16-17H2,1-3H3. The number of rotatable bonds is 6. The van der Waals surface area contributed by atoms with Gasteiger partial charge in [0.15, 0.2) is 0 Å². The number of anilines is 1. The smallest absolute Gasteiger partial charge is 0.253 e. The Bertz CT molecular complexity index is 1130. The number of likely N-dealkylation sites (tertiary alicyclic amines) is 1. The van der Waals surface area contributed by atoms with Crippen molar-refractivity contribution in [1.82, 2.24) is 9.88 Å². The van der Waals surface area contributed by atoms with Crippen LogP contribution in [0.3, 0.4) is 0 Å². The van der Waals surface area contributed by atoms with Crippen LogP contribution in [0.5, 0.6) is 0 Å². The second kappa shape index (κ2) is 9.45. The van der Waals surface area contributed by atoms with Crippen LogP contribution in [0.25, 0.3) is 0 Å². The lowest BCUT2D eigenvalue weighted by atomic mass is 9.78. The van der Waals surface area contributed by atoms with E-state index in [0.29, 0.717) is 12.0 Å². The first-order chi connectivity index (χ1) is 16.1. The van der Waals surface area contributed by atoms with Crippen molar-refractivity contribution in [3.63, 3.8) is 0 Å². The molecule has 1 unspecified atom stereocenters. The van der Waals surface area contributed by atoms with Gasteiger partial charge >= 0.3 is 0 Å². The van der Waals surface area contributed by atoms with Gasteiger partial charge in [-0.05, 0) is 55.7 Å². The first-order valence-corrected chi connectivity index (χ1v) is 11.8. The third-order valence-electron chi connectivity index (χ3n) is 6.60. The normalized spacial score (nSPS) is 21.2. The van der Waals surface area contributed by atoms with Crippen LogP contribution in [0.1, 0.15) is 40.9 Å². The molecular formula is C26H29ClF2N4O. The predicted molar refractivity (Wildman–Crippen MR) is 132 cm³/mol. The zero-order chi connectivity index (χ0) is 24.5. The highest BCUT2D eigenvalue weighted by atomic mass is 35.5. The summed E-state index contributed by atoms with van der Waals surface area (Å²) in [6.07, 6.45) is 6.70. The number of hydrogen-bond acceptors (Lipinski definition) is 4. The number of aryl methyl sites for hydroxylation is 1. The lowest BCUT2D eigenvalue weighted by Gasteiger charge is -2.40. The first kappa shape index (κ1) is 24.3. The monoisotopic (exact) mass is 486 g/mol. The average molecular weight is 487 g/mol. The molecule has 0 radical (unpaired) electrons. The van der Waals surface area contributed by atoms with Gasteiger partial charge in [-0.3, -0.25) is 9.79 Å². The fourth-order valence-electron chi connectivity index (χ4n) is 4.80. The van der Waals surface area contributed by atoms with Crippen LogP contribution in [0.15, 0.2) is 47.5 Å². The molecule has 1 fully saturated rings. The van der Waals surface area contributed by atoms with E-state index in [4.69, 9.17) is 16.6 Å². The number of aromatic nitrogens is 1. The molecular weight excluding hydrogens is 458 g/mol. The third kappa shape index (κ3) is 5.14. The van der Waals surface area contributed by atoms with E-state index < -0.39 is 17.0 Å². The Morgan fingerprint density at radius 1 is 1.21 bits per heavy atom. The van der Waals surface area contributed by atoms with Crippen LogP contribution in [0.2, 0.25) is 5.02 Å². The summed E-state index contributed by atoms with van der Waals surface area (Å²) in [5.74, 6) is 0.0506. The zero-order valence-electron chi connectivity index (χ0n) is 19.7. The van der Waals surface area contributed by atoms with E-state index in [2.05, 4.69) is 4.99 Å². The number of pyridine rings is 1. The molecule has 2 aromatic rings. The molecule has 1 aromatic heterocycles. The molecule has 0 spiro atoms. The van der Waals surface area contributed by atoms with Gasteiger partial charge in [0.2, 0.25) is 0 Å². The number of amides is 1.